The first-order valence-corrected chi connectivity index (χ1v) is 6.86. The van der Waals surface area contributed by atoms with Gasteiger partial charge >= 0.3 is 0 Å². The van der Waals surface area contributed by atoms with Crippen LogP contribution in [0.4, 0.5) is 5.69 Å². The van der Waals surface area contributed by atoms with Crippen LogP contribution in [0.2, 0.25) is 5.02 Å². The molecule has 0 aromatic heterocycles. The second-order valence-corrected chi connectivity index (χ2v) is 4.65. The smallest absolute Gasteiger partial charge is 0.119 e. The van der Waals surface area contributed by atoms with Gasteiger partial charge in [-0.25, -0.2) is 0 Å². The molecule has 2 rings (SSSR count). The number of anilines is 1. The summed E-state index contributed by atoms with van der Waals surface area (Å²) in [7, 11) is 0. The molecule has 0 atom stereocenters. The summed E-state index contributed by atoms with van der Waals surface area (Å²) in [5.74, 6) is 0.864. The molecule has 1 N–H and O–H groups in total. The molecule has 2 aromatic carbocycles. The largest absolute Gasteiger partial charge is 0.494 e. The van der Waals surface area contributed by atoms with Crippen LogP contribution in [0.5, 0.6) is 5.75 Å². The highest BCUT2D eigenvalue weighted by Gasteiger charge is 2.00. The fourth-order valence-electron chi connectivity index (χ4n) is 1.72. The molecule has 0 bridgehead atoms. The molecule has 0 saturated heterocycles. The Morgan fingerprint density at radius 1 is 1.15 bits per heavy atom. The van der Waals surface area contributed by atoms with Gasteiger partial charge in [0.05, 0.1) is 23.0 Å². The summed E-state index contributed by atoms with van der Waals surface area (Å²) in [6.07, 6.45) is 0. The average Bonchev–Trinajstić information content (AvgIpc) is 2.47. The van der Waals surface area contributed by atoms with E-state index >= 15 is 0 Å². The number of ether oxygens (including phenoxy) is 1. The molecule has 20 heavy (non-hydrogen) atoms. The second kappa shape index (κ2) is 6.96. The third kappa shape index (κ3) is 3.75. The molecule has 3 nitrogen and oxygen atoms in total. The first kappa shape index (κ1) is 14.4. The van der Waals surface area contributed by atoms with Gasteiger partial charge in [-0.2, -0.15) is 5.10 Å². The Morgan fingerprint density at radius 3 is 2.50 bits per heavy atom. The molecule has 0 spiro atoms. The van der Waals surface area contributed by atoms with Gasteiger partial charge in [0.2, 0.25) is 0 Å². The molecule has 0 radical (unpaired) electrons. The highest BCUT2D eigenvalue weighted by molar-refractivity contribution is 6.33. The Balaban J connectivity index is 2.08. The minimum atomic E-state index is 0.649. The molecule has 4 heteroatoms. The number of nitrogens with one attached hydrogen (secondary N) is 1. The molecule has 0 fully saturated rings. The maximum Gasteiger partial charge on any atom is 0.119 e. The molecule has 0 aliphatic heterocycles. The van der Waals surface area contributed by atoms with Gasteiger partial charge in [-0.05, 0) is 55.8 Å². The fraction of sp³-hybridized carbons (Fsp3) is 0.188. The van der Waals surface area contributed by atoms with Crippen LogP contribution in [0.3, 0.4) is 0 Å². The van der Waals surface area contributed by atoms with Crippen molar-refractivity contribution >= 4 is 23.0 Å². The second-order valence-electron chi connectivity index (χ2n) is 4.25. The van der Waals surface area contributed by atoms with Crippen LogP contribution < -0.4 is 10.2 Å². The van der Waals surface area contributed by atoms with Crippen molar-refractivity contribution in [1.29, 1.82) is 0 Å². The van der Waals surface area contributed by atoms with Crippen molar-refractivity contribution in [1.82, 2.24) is 0 Å². The molecule has 0 unspecified atom stereocenters. The van der Waals surface area contributed by atoms with Crippen molar-refractivity contribution in [2.45, 2.75) is 13.8 Å². The zero-order valence-electron chi connectivity index (χ0n) is 11.6. The first-order valence-electron chi connectivity index (χ1n) is 6.48. The summed E-state index contributed by atoms with van der Waals surface area (Å²) >= 11 is 6.06. The first-order chi connectivity index (χ1) is 9.70. The number of halogens is 1. The Bertz CT molecular complexity index is 594. The number of para-hydroxylation sites is 1. The van der Waals surface area contributed by atoms with E-state index in [1.807, 2.05) is 62.4 Å². The van der Waals surface area contributed by atoms with Gasteiger partial charge in [-0.3, -0.25) is 5.43 Å². The van der Waals surface area contributed by atoms with Crippen molar-refractivity contribution in [2.75, 3.05) is 12.0 Å². The Labute approximate surface area is 124 Å². The molecule has 2 aromatic rings. The summed E-state index contributed by atoms with van der Waals surface area (Å²) in [6.45, 7) is 4.58. The van der Waals surface area contributed by atoms with Crippen molar-refractivity contribution < 1.29 is 4.74 Å². The zero-order chi connectivity index (χ0) is 14.4. The molecular weight excluding hydrogens is 272 g/mol. The third-order valence-electron chi connectivity index (χ3n) is 2.80. The minimum absolute atomic E-state index is 0.649. The summed E-state index contributed by atoms with van der Waals surface area (Å²) in [4.78, 5) is 0. The van der Waals surface area contributed by atoms with E-state index in [1.54, 1.807) is 0 Å². The number of benzene rings is 2. The van der Waals surface area contributed by atoms with Gasteiger partial charge in [-0.15, -0.1) is 0 Å². The van der Waals surface area contributed by atoms with Crippen molar-refractivity contribution in [3.05, 3.63) is 59.1 Å². The van der Waals surface area contributed by atoms with E-state index in [9.17, 15) is 0 Å². The standard InChI is InChI=1S/C16H17ClN2O/c1-3-20-14-10-8-13(9-11-14)12(2)18-19-16-7-5-4-6-15(16)17/h4-11,19H,3H2,1-2H3/b18-12-. The van der Waals surface area contributed by atoms with Crippen LogP contribution in [-0.4, -0.2) is 12.3 Å². The van der Waals surface area contributed by atoms with Crippen molar-refractivity contribution in [2.24, 2.45) is 5.10 Å². The van der Waals surface area contributed by atoms with Crippen LogP contribution in [0, 0.1) is 0 Å². The number of nitrogens with zero attached hydrogens (tertiary/aromatic N) is 1. The molecule has 0 saturated carbocycles. The SMILES string of the molecule is CCOc1ccc(/C(C)=N\Nc2ccccc2Cl)cc1. The van der Waals surface area contributed by atoms with E-state index in [2.05, 4.69) is 10.5 Å². The lowest BCUT2D eigenvalue weighted by Crippen LogP contribution is -2.00. The Kier molecular flexibility index (Phi) is 5.02. The van der Waals surface area contributed by atoms with Crippen LogP contribution in [0.1, 0.15) is 19.4 Å². The van der Waals surface area contributed by atoms with E-state index in [4.69, 9.17) is 16.3 Å². The van der Waals surface area contributed by atoms with Gasteiger partial charge in [0.15, 0.2) is 0 Å². The summed E-state index contributed by atoms with van der Waals surface area (Å²) in [5.41, 5.74) is 5.68. The van der Waals surface area contributed by atoms with Gasteiger partial charge < -0.3 is 4.74 Å². The Morgan fingerprint density at radius 2 is 1.85 bits per heavy atom. The molecule has 0 aliphatic rings. The van der Waals surface area contributed by atoms with E-state index in [0.717, 1.165) is 22.7 Å². The van der Waals surface area contributed by atoms with Gasteiger partial charge in [0, 0.05) is 0 Å². The van der Waals surface area contributed by atoms with Crippen LogP contribution in [0.15, 0.2) is 53.6 Å². The highest BCUT2D eigenvalue weighted by Crippen LogP contribution is 2.20. The molecular formula is C16H17ClN2O. The van der Waals surface area contributed by atoms with Crippen molar-refractivity contribution in [3.8, 4) is 5.75 Å². The summed E-state index contributed by atoms with van der Waals surface area (Å²) in [5, 5.41) is 4.99. The molecule has 0 aliphatic carbocycles. The van der Waals surface area contributed by atoms with Gasteiger partial charge in [0.25, 0.3) is 0 Å². The van der Waals surface area contributed by atoms with Crippen molar-refractivity contribution in [3.63, 3.8) is 0 Å². The van der Waals surface area contributed by atoms with Gasteiger partial charge in [-0.1, -0.05) is 23.7 Å². The third-order valence-corrected chi connectivity index (χ3v) is 3.13. The summed E-state index contributed by atoms with van der Waals surface area (Å²) < 4.78 is 5.41. The molecule has 0 amide bonds. The predicted octanol–water partition coefficient (Wildman–Crippen LogP) is 4.57. The van der Waals surface area contributed by atoms with Crippen LogP contribution >= 0.6 is 11.6 Å². The minimum Gasteiger partial charge on any atom is -0.494 e. The maximum absolute atomic E-state index is 6.06. The lowest BCUT2D eigenvalue weighted by molar-refractivity contribution is 0.340. The van der Waals surface area contributed by atoms with E-state index in [-0.39, 0.29) is 0 Å². The zero-order valence-corrected chi connectivity index (χ0v) is 12.3. The number of rotatable bonds is 5. The molecule has 104 valence electrons. The number of hydrazone groups is 1. The average molecular weight is 289 g/mol. The van der Waals surface area contributed by atoms with Crippen LogP contribution in [-0.2, 0) is 0 Å². The maximum atomic E-state index is 6.06. The predicted molar refractivity (Wildman–Crippen MR) is 84.9 cm³/mol. The van der Waals surface area contributed by atoms with E-state index < -0.39 is 0 Å². The number of hydrogen-bond donors (Lipinski definition) is 1. The fourth-order valence-corrected chi connectivity index (χ4v) is 1.90. The highest BCUT2D eigenvalue weighted by atomic mass is 35.5. The lowest BCUT2D eigenvalue weighted by atomic mass is 10.1. The molecule has 0 heterocycles. The monoisotopic (exact) mass is 288 g/mol. The van der Waals surface area contributed by atoms with Gasteiger partial charge in [0.1, 0.15) is 5.75 Å². The quantitative estimate of drug-likeness (QED) is 0.645. The lowest BCUT2D eigenvalue weighted by Gasteiger charge is -2.06. The van der Waals surface area contributed by atoms with Crippen LogP contribution in [0.25, 0.3) is 0 Å². The van der Waals surface area contributed by atoms with E-state index in [0.29, 0.717) is 11.6 Å². The topological polar surface area (TPSA) is 33.6 Å². The normalized spacial score (nSPS) is 11.2. The Hall–Kier alpha value is -2.00. The van der Waals surface area contributed by atoms with E-state index in [1.165, 1.54) is 0 Å². The summed E-state index contributed by atoms with van der Waals surface area (Å²) in [6, 6.07) is 15.4. The number of hydrogen-bond acceptors (Lipinski definition) is 3.